The molecule has 3 atom stereocenters. The molecule has 0 amide bonds. The number of halogens is 4. The van der Waals surface area contributed by atoms with E-state index in [4.69, 9.17) is 17.4 Å². The van der Waals surface area contributed by atoms with Crippen LogP contribution in [0.15, 0.2) is 24.3 Å². The Morgan fingerprint density at radius 1 is 1.19 bits per heavy atom. The molecule has 1 saturated carbocycles. The predicted octanol–water partition coefficient (Wildman–Crippen LogP) is 4.08. The van der Waals surface area contributed by atoms with Crippen molar-refractivity contribution in [3.63, 3.8) is 0 Å². The predicted molar refractivity (Wildman–Crippen MR) is 77.8 cm³/mol. The van der Waals surface area contributed by atoms with Crippen molar-refractivity contribution in [1.82, 2.24) is 5.43 Å². The standard InChI is InChI=1S/C15H20ClF3N2/c16-11-7-5-10(6-8-11)9-14(21-20)12-3-1-2-4-13(12)15(17,18)19/h5-8,12-14,21H,1-4,9,20H2. The highest BCUT2D eigenvalue weighted by atomic mass is 35.5. The molecule has 3 N–H and O–H groups in total. The molecule has 0 radical (unpaired) electrons. The maximum atomic E-state index is 13.2. The van der Waals surface area contributed by atoms with Gasteiger partial charge in [0.25, 0.3) is 0 Å². The van der Waals surface area contributed by atoms with E-state index in [1.54, 1.807) is 12.1 Å². The first-order valence-electron chi connectivity index (χ1n) is 7.19. The number of hydrogen-bond acceptors (Lipinski definition) is 2. The molecule has 3 unspecified atom stereocenters. The molecule has 0 heterocycles. The minimum atomic E-state index is -4.15. The molecule has 0 spiro atoms. The van der Waals surface area contributed by atoms with E-state index in [0.717, 1.165) is 12.0 Å². The summed E-state index contributed by atoms with van der Waals surface area (Å²) < 4.78 is 39.6. The van der Waals surface area contributed by atoms with Crippen molar-refractivity contribution in [3.8, 4) is 0 Å². The van der Waals surface area contributed by atoms with Gasteiger partial charge in [0.15, 0.2) is 0 Å². The van der Waals surface area contributed by atoms with Crippen molar-refractivity contribution in [2.24, 2.45) is 17.7 Å². The zero-order chi connectivity index (χ0) is 15.5. The lowest BCUT2D eigenvalue weighted by Crippen LogP contribution is -2.49. The summed E-state index contributed by atoms with van der Waals surface area (Å²) in [5.41, 5.74) is 3.54. The van der Waals surface area contributed by atoms with E-state index in [9.17, 15) is 13.2 Å². The monoisotopic (exact) mass is 320 g/mol. The van der Waals surface area contributed by atoms with Crippen LogP contribution in [-0.4, -0.2) is 12.2 Å². The van der Waals surface area contributed by atoms with Crippen LogP contribution in [0.25, 0.3) is 0 Å². The third-order valence-electron chi connectivity index (χ3n) is 4.34. The van der Waals surface area contributed by atoms with E-state index in [-0.39, 0.29) is 12.5 Å². The highest BCUT2D eigenvalue weighted by Crippen LogP contribution is 2.43. The number of alkyl halides is 3. The van der Waals surface area contributed by atoms with Crippen molar-refractivity contribution >= 4 is 11.6 Å². The molecule has 2 rings (SSSR count). The van der Waals surface area contributed by atoms with E-state index >= 15 is 0 Å². The third kappa shape index (κ3) is 4.34. The number of rotatable bonds is 4. The minimum Gasteiger partial charge on any atom is -0.271 e. The van der Waals surface area contributed by atoms with Gasteiger partial charge < -0.3 is 0 Å². The fraction of sp³-hybridized carbons (Fsp3) is 0.600. The molecule has 0 bridgehead atoms. The molecule has 1 fully saturated rings. The molecule has 6 heteroatoms. The fourth-order valence-corrected chi connectivity index (χ4v) is 3.38. The SMILES string of the molecule is NNC(Cc1ccc(Cl)cc1)C1CCCCC1C(F)(F)F. The van der Waals surface area contributed by atoms with E-state index < -0.39 is 18.0 Å². The first-order chi connectivity index (χ1) is 9.91. The van der Waals surface area contributed by atoms with Gasteiger partial charge in [0.1, 0.15) is 0 Å². The Morgan fingerprint density at radius 2 is 1.81 bits per heavy atom. The second-order valence-electron chi connectivity index (χ2n) is 5.70. The van der Waals surface area contributed by atoms with Crippen molar-refractivity contribution in [1.29, 1.82) is 0 Å². The average molecular weight is 321 g/mol. The summed E-state index contributed by atoms with van der Waals surface area (Å²) in [6.45, 7) is 0. The minimum absolute atomic E-state index is 0.201. The van der Waals surface area contributed by atoms with Gasteiger partial charge in [-0.3, -0.25) is 11.3 Å². The highest BCUT2D eigenvalue weighted by molar-refractivity contribution is 6.30. The molecule has 2 nitrogen and oxygen atoms in total. The van der Waals surface area contributed by atoms with Crippen LogP contribution in [-0.2, 0) is 6.42 Å². The third-order valence-corrected chi connectivity index (χ3v) is 4.59. The van der Waals surface area contributed by atoms with Gasteiger partial charge in [-0.15, -0.1) is 0 Å². The number of benzene rings is 1. The summed E-state index contributed by atoms with van der Waals surface area (Å²) >= 11 is 5.82. The Hall–Kier alpha value is -0.780. The molecule has 1 aromatic rings. The molecule has 1 aliphatic carbocycles. The maximum Gasteiger partial charge on any atom is 0.392 e. The van der Waals surface area contributed by atoms with E-state index in [0.29, 0.717) is 24.3 Å². The number of nitrogens with one attached hydrogen (secondary N) is 1. The quantitative estimate of drug-likeness (QED) is 0.648. The largest absolute Gasteiger partial charge is 0.392 e. The lowest BCUT2D eigenvalue weighted by Gasteiger charge is -2.38. The Kier molecular flexibility index (Phi) is 5.52. The average Bonchev–Trinajstić information content (AvgIpc) is 2.46. The second kappa shape index (κ2) is 6.99. The van der Waals surface area contributed by atoms with E-state index in [1.165, 1.54) is 0 Å². The van der Waals surface area contributed by atoms with Gasteiger partial charge in [0, 0.05) is 11.1 Å². The van der Waals surface area contributed by atoms with E-state index in [2.05, 4.69) is 5.43 Å². The van der Waals surface area contributed by atoms with Crippen molar-refractivity contribution in [2.45, 2.75) is 44.3 Å². The Balaban J connectivity index is 2.12. The first-order valence-corrected chi connectivity index (χ1v) is 7.57. The molecule has 0 aliphatic heterocycles. The van der Waals surface area contributed by atoms with Gasteiger partial charge in [-0.2, -0.15) is 13.2 Å². The Bertz CT molecular complexity index is 447. The molecular formula is C15H20ClF3N2. The van der Waals surface area contributed by atoms with Crippen LogP contribution in [0.2, 0.25) is 5.02 Å². The van der Waals surface area contributed by atoms with Gasteiger partial charge in [-0.1, -0.05) is 36.6 Å². The van der Waals surface area contributed by atoms with Gasteiger partial charge in [-0.05, 0) is 42.9 Å². The van der Waals surface area contributed by atoms with Crippen LogP contribution >= 0.6 is 11.6 Å². The smallest absolute Gasteiger partial charge is 0.271 e. The van der Waals surface area contributed by atoms with Crippen molar-refractivity contribution < 1.29 is 13.2 Å². The zero-order valence-corrected chi connectivity index (χ0v) is 12.4. The lowest BCUT2D eigenvalue weighted by molar-refractivity contribution is -0.199. The maximum absolute atomic E-state index is 13.2. The number of nitrogens with two attached hydrogens (primary N) is 1. The Labute approximate surface area is 127 Å². The number of hydrogen-bond donors (Lipinski definition) is 2. The summed E-state index contributed by atoms with van der Waals surface area (Å²) in [4.78, 5) is 0. The Morgan fingerprint density at radius 3 is 2.38 bits per heavy atom. The van der Waals surface area contributed by atoms with Gasteiger partial charge in [0.05, 0.1) is 5.92 Å². The zero-order valence-electron chi connectivity index (χ0n) is 11.7. The van der Waals surface area contributed by atoms with Crippen LogP contribution in [0.1, 0.15) is 31.2 Å². The van der Waals surface area contributed by atoms with Crippen LogP contribution in [0, 0.1) is 11.8 Å². The summed E-state index contributed by atoms with van der Waals surface area (Å²) in [6, 6.07) is 6.77. The molecule has 0 saturated heterocycles. The van der Waals surface area contributed by atoms with Crippen LogP contribution in [0.4, 0.5) is 13.2 Å². The van der Waals surface area contributed by atoms with Crippen LogP contribution in [0.3, 0.4) is 0 Å². The summed E-state index contributed by atoms with van der Waals surface area (Å²) in [7, 11) is 0. The summed E-state index contributed by atoms with van der Waals surface area (Å²) in [5, 5.41) is 0.613. The van der Waals surface area contributed by atoms with Crippen LogP contribution < -0.4 is 11.3 Å². The summed E-state index contributed by atoms with van der Waals surface area (Å²) in [6.07, 6.45) is -1.44. The summed E-state index contributed by atoms with van der Waals surface area (Å²) in [5.74, 6) is 3.81. The van der Waals surface area contributed by atoms with Crippen LogP contribution in [0.5, 0.6) is 0 Å². The molecule has 21 heavy (non-hydrogen) atoms. The van der Waals surface area contributed by atoms with Gasteiger partial charge in [0.2, 0.25) is 0 Å². The molecule has 1 aromatic carbocycles. The fourth-order valence-electron chi connectivity index (χ4n) is 3.26. The highest BCUT2D eigenvalue weighted by Gasteiger charge is 2.47. The molecule has 1 aliphatic rings. The van der Waals surface area contributed by atoms with Gasteiger partial charge in [-0.25, -0.2) is 0 Å². The van der Waals surface area contributed by atoms with Crippen molar-refractivity contribution in [2.75, 3.05) is 0 Å². The second-order valence-corrected chi connectivity index (χ2v) is 6.14. The van der Waals surface area contributed by atoms with Crippen molar-refractivity contribution in [3.05, 3.63) is 34.9 Å². The molecule has 0 aromatic heterocycles. The molecule has 118 valence electrons. The topological polar surface area (TPSA) is 38.0 Å². The lowest BCUT2D eigenvalue weighted by atomic mass is 9.73. The van der Waals surface area contributed by atoms with E-state index in [1.807, 2.05) is 12.1 Å². The van der Waals surface area contributed by atoms with Gasteiger partial charge >= 0.3 is 6.18 Å². The first kappa shape index (κ1) is 16.6. The molecular weight excluding hydrogens is 301 g/mol. The normalized spacial score (nSPS) is 24.8. The number of hydrazine groups is 1.